The average Bonchev–Trinajstić information content (AvgIpc) is 2.82. The number of nitrogens with zero attached hydrogens (tertiary/aromatic N) is 1. The lowest BCUT2D eigenvalue weighted by atomic mass is 10.2. The molecule has 1 aromatic rings. The van der Waals surface area contributed by atoms with E-state index in [2.05, 4.69) is 6.92 Å². The number of imide groups is 1. The number of ether oxygens (including phenoxy) is 2. The van der Waals surface area contributed by atoms with Crippen LogP contribution in [0, 0.1) is 0 Å². The van der Waals surface area contributed by atoms with E-state index in [9.17, 15) is 9.59 Å². The third kappa shape index (κ3) is 4.07. The Morgan fingerprint density at radius 2 is 2.00 bits per heavy atom. The molecule has 0 bridgehead atoms. The molecule has 2 amide bonds. The van der Waals surface area contributed by atoms with Crippen molar-refractivity contribution in [3.63, 3.8) is 0 Å². The van der Waals surface area contributed by atoms with E-state index < -0.39 is 0 Å². The van der Waals surface area contributed by atoms with E-state index >= 15 is 0 Å². The van der Waals surface area contributed by atoms with Gasteiger partial charge in [0.2, 0.25) is 0 Å². The highest BCUT2D eigenvalue weighted by Crippen LogP contribution is 2.34. The zero-order chi connectivity index (χ0) is 16.8. The molecule has 0 atom stereocenters. The Hall–Kier alpha value is -1.95. The number of unbranched alkanes of at least 4 members (excludes halogenated alkanes) is 1. The summed E-state index contributed by atoms with van der Waals surface area (Å²) in [5, 5.41) is -0.227. The number of carbonyl (C=O) groups excluding carboxylic acids is 2. The summed E-state index contributed by atoms with van der Waals surface area (Å²) in [7, 11) is 1.58. The van der Waals surface area contributed by atoms with E-state index in [0.717, 1.165) is 30.2 Å². The topological polar surface area (TPSA) is 55.8 Å². The fraction of sp³-hybridized carbons (Fsp3) is 0.412. The third-order valence-corrected chi connectivity index (χ3v) is 4.34. The summed E-state index contributed by atoms with van der Waals surface area (Å²) in [5.41, 5.74) is 0.797. The quantitative estimate of drug-likeness (QED) is 0.558. The summed E-state index contributed by atoms with van der Waals surface area (Å²) in [4.78, 5) is 25.5. The predicted octanol–water partition coefficient (Wildman–Crippen LogP) is 3.93. The normalized spacial score (nSPS) is 16.3. The second-order valence-electron chi connectivity index (χ2n) is 5.04. The van der Waals surface area contributed by atoms with Gasteiger partial charge in [-0.25, -0.2) is 0 Å². The van der Waals surface area contributed by atoms with Gasteiger partial charge in [-0.1, -0.05) is 19.4 Å². The molecule has 1 aliphatic heterocycles. The Kier molecular flexibility index (Phi) is 6.10. The highest BCUT2D eigenvalue weighted by Gasteiger charge is 2.33. The van der Waals surface area contributed by atoms with E-state index in [0.29, 0.717) is 29.6 Å². The van der Waals surface area contributed by atoms with Crippen molar-refractivity contribution in [3.8, 4) is 11.5 Å². The molecule has 0 aromatic heterocycles. The van der Waals surface area contributed by atoms with Gasteiger partial charge in [-0.3, -0.25) is 14.5 Å². The van der Waals surface area contributed by atoms with Gasteiger partial charge in [-0.15, -0.1) is 0 Å². The predicted molar refractivity (Wildman–Crippen MR) is 91.7 cm³/mol. The lowest BCUT2D eigenvalue weighted by Gasteiger charge is -2.11. The highest BCUT2D eigenvalue weighted by molar-refractivity contribution is 8.18. The Balaban J connectivity index is 2.19. The lowest BCUT2D eigenvalue weighted by Crippen LogP contribution is -2.27. The smallest absolute Gasteiger partial charge is 0.293 e. The maximum atomic E-state index is 12.1. The van der Waals surface area contributed by atoms with Crippen LogP contribution in [0.3, 0.4) is 0 Å². The Bertz CT molecular complexity index is 627. The summed E-state index contributed by atoms with van der Waals surface area (Å²) in [6.45, 7) is 4.91. The Morgan fingerprint density at radius 3 is 2.61 bits per heavy atom. The summed E-state index contributed by atoms with van der Waals surface area (Å²) >= 11 is 0.962. The van der Waals surface area contributed by atoms with Crippen LogP contribution < -0.4 is 9.47 Å². The number of hydrogen-bond donors (Lipinski definition) is 0. The van der Waals surface area contributed by atoms with Gasteiger partial charge >= 0.3 is 0 Å². The van der Waals surface area contributed by atoms with Crippen molar-refractivity contribution in [2.45, 2.75) is 26.7 Å². The van der Waals surface area contributed by atoms with Gasteiger partial charge in [0.25, 0.3) is 11.1 Å². The summed E-state index contributed by atoms with van der Waals surface area (Å²) < 4.78 is 11.0. The summed E-state index contributed by atoms with van der Waals surface area (Å²) in [6, 6.07) is 5.48. The average molecular weight is 335 g/mol. The van der Waals surface area contributed by atoms with Gasteiger partial charge in [0.15, 0.2) is 11.5 Å². The SMILES string of the molecule is CCCCOc1ccc(C=C2SC(=O)N(CC)C2=O)cc1OC. The van der Waals surface area contributed by atoms with Crippen molar-refractivity contribution < 1.29 is 19.1 Å². The Labute approximate surface area is 140 Å². The summed E-state index contributed by atoms with van der Waals surface area (Å²) in [5.74, 6) is 1.05. The third-order valence-electron chi connectivity index (χ3n) is 3.43. The fourth-order valence-corrected chi connectivity index (χ4v) is 3.05. The molecular formula is C17H21NO4S. The molecule has 1 heterocycles. The molecule has 1 aromatic carbocycles. The lowest BCUT2D eigenvalue weighted by molar-refractivity contribution is -0.122. The van der Waals surface area contributed by atoms with Crippen LogP contribution in [0.15, 0.2) is 23.1 Å². The van der Waals surface area contributed by atoms with Crippen molar-refractivity contribution >= 4 is 29.0 Å². The second-order valence-corrected chi connectivity index (χ2v) is 6.03. The maximum Gasteiger partial charge on any atom is 0.293 e. The van der Waals surface area contributed by atoms with Gasteiger partial charge in [0.05, 0.1) is 18.6 Å². The minimum absolute atomic E-state index is 0.227. The van der Waals surface area contributed by atoms with Crippen LogP contribution in [-0.2, 0) is 4.79 Å². The molecule has 6 heteroatoms. The van der Waals surface area contributed by atoms with Crippen molar-refractivity contribution in [2.75, 3.05) is 20.3 Å². The highest BCUT2D eigenvalue weighted by atomic mass is 32.2. The van der Waals surface area contributed by atoms with E-state index in [1.807, 2.05) is 12.1 Å². The first-order chi connectivity index (χ1) is 11.1. The first-order valence-corrected chi connectivity index (χ1v) is 8.48. The van der Waals surface area contributed by atoms with Crippen LogP contribution in [0.2, 0.25) is 0 Å². The van der Waals surface area contributed by atoms with Gasteiger partial charge in [-0.2, -0.15) is 0 Å². The van der Waals surface area contributed by atoms with Crippen molar-refractivity contribution in [1.29, 1.82) is 0 Å². The first kappa shape index (κ1) is 17.4. The first-order valence-electron chi connectivity index (χ1n) is 7.66. The van der Waals surface area contributed by atoms with E-state index in [-0.39, 0.29) is 11.1 Å². The largest absolute Gasteiger partial charge is 0.493 e. The van der Waals surface area contributed by atoms with Crippen LogP contribution in [0.25, 0.3) is 6.08 Å². The Morgan fingerprint density at radius 1 is 1.22 bits per heavy atom. The maximum absolute atomic E-state index is 12.1. The van der Waals surface area contributed by atoms with Gasteiger partial charge in [0, 0.05) is 6.54 Å². The van der Waals surface area contributed by atoms with Crippen LogP contribution in [-0.4, -0.2) is 36.3 Å². The number of likely N-dealkylation sites (N-methyl/N-ethyl adjacent to an activating group) is 1. The molecule has 0 unspecified atom stereocenters. The fourth-order valence-electron chi connectivity index (χ4n) is 2.14. The van der Waals surface area contributed by atoms with Gasteiger partial charge in [0.1, 0.15) is 0 Å². The van der Waals surface area contributed by atoms with Gasteiger partial charge < -0.3 is 9.47 Å². The summed E-state index contributed by atoms with van der Waals surface area (Å²) in [6.07, 6.45) is 3.75. The van der Waals surface area contributed by atoms with Crippen molar-refractivity contribution in [3.05, 3.63) is 28.7 Å². The van der Waals surface area contributed by atoms with Crippen LogP contribution in [0.1, 0.15) is 32.3 Å². The standard InChI is InChI=1S/C17H21NO4S/c1-4-6-9-22-13-8-7-12(10-14(13)21-3)11-15-16(19)18(5-2)17(20)23-15/h7-8,10-11H,4-6,9H2,1-3H3. The molecule has 1 aliphatic rings. The van der Waals surface area contributed by atoms with Crippen LogP contribution in [0.4, 0.5) is 4.79 Å². The second kappa shape index (κ2) is 8.06. The van der Waals surface area contributed by atoms with E-state index in [4.69, 9.17) is 9.47 Å². The molecule has 5 nitrogen and oxygen atoms in total. The number of amides is 2. The molecule has 23 heavy (non-hydrogen) atoms. The number of hydrogen-bond acceptors (Lipinski definition) is 5. The van der Waals surface area contributed by atoms with Crippen LogP contribution in [0.5, 0.6) is 11.5 Å². The molecular weight excluding hydrogens is 314 g/mol. The van der Waals surface area contributed by atoms with E-state index in [1.165, 1.54) is 4.90 Å². The molecule has 0 N–H and O–H groups in total. The van der Waals surface area contributed by atoms with E-state index in [1.54, 1.807) is 26.2 Å². The van der Waals surface area contributed by atoms with Crippen LogP contribution >= 0.6 is 11.8 Å². The number of methoxy groups -OCH3 is 1. The molecule has 1 fully saturated rings. The monoisotopic (exact) mass is 335 g/mol. The molecule has 1 saturated heterocycles. The molecule has 0 saturated carbocycles. The van der Waals surface area contributed by atoms with Gasteiger partial charge in [-0.05, 0) is 48.9 Å². The minimum Gasteiger partial charge on any atom is -0.493 e. The molecule has 0 aliphatic carbocycles. The molecule has 124 valence electrons. The van der Waals surface area contributed by atoms with Crippen molar-refractivity contribution in [2.24, 2.45) is 0 Å². The number of rotatable bonds is 7. The minimum atomic E-state index is -0.246. The number of thioether (sulfide) groups is 1. The number of benzene rings is 1. The molecule has 0 radical (unpaired) electrons. The molecule has 0 spiro atoms. The zero-order valence-corrected chi connectivity index (χ0v) is 14.4. The zero-order valence-electron chi connectivity index (χ0n) is 13.6. The van der Waals surface area contributed by atoms with Crippen molar-refractivity contribution in [1.82, 2.24) is 4.90 Å². The molecule has 2 rings (SSSR count). The number of carbonyl (C=O) groups is 2.